The number of rotatable bonds is 12. The van der Waals surface area contributed by atoms with Crippen LogP contribution in [0.5, 0.6) is 23.0 Å². The normalized spacial score (nSPS) is 12.9. The minimum atomic E-state index is -4.99. The summed E-state index contributed by atoms with van der Waals surface area (Å²) in [7, 11) is 0. The maximum atomic E-state index is 14.4. The third kappa shape index (κ3) is 14.2. The molecule has 20 heteroatoms. The van der Waals surface area contributed by atoms with Crippen LogP contribution < -0.4 is 15.0 Å². The van der Waals surface area contributed by atoms with Crippen molar-refractivity contribution in [2.24, 2.45) is 10.9 Å². The Labute approximate surface area is 441 Å². The van der Waals surface area contributed by atoms with E-state index in [0.29, 0.717) is 45.6 Å². The maximum Gasteiger partial charge on any atom is 0.417 e. The number of pyridine rings is 2. The first kappa shape index (κ1) is 57.8. The zero-order chi connectivity index (χ0) is 56.9. The van der Waals surface area contributed by atoms with Crippen molar-refractivity contribution in [2.75, 3.05) is 6.61 Å². The van der Waals surface area contributed by atoms with Crippen LogP contribution in [0.1, 0.15) is 79.7 Å². The van der Waals surface area contributed by atoms with Gasteiger partial charge >= 0.3 is 6.18 Å². The molecular formula is C58H50F10N4O6. The lowest BCUT2D eigenvalue weighted by atomic mass is 9.96. The van der Waals surface area contributed by atoms with Gasteiger partial charge in [-0.25, -0.2) is 46.2 Å². The number of hydrogen-bond donors (Lipinski definition) is 3. The highest BCUT2D eigenvalue weighted by Gasteiger charge is 2.38. The number of hydrogen-bond acceptors (Lipinski definition) is 8. The molecular weight excluding hydrogens is 1040 g/mol. The van der Waals surface area contributed by atoms with Crippen LogP contribution in [0.25, 0.3) is 21.8 Å². The van der Waals surface area contributed by atoms with Crippen molar-refractivity contribution in [3.05, 3.63) is 201 Å². The Bertz CT molecular complexity index is 3530. The molecule has 0 bridgehead atoms. The van der Waals surface area contributed by atoms with E-state index >= 15 is 0 Å². The zero-order valence-electron chi connectivity index (χ0n) is 42.6. The molecule has 1 aliphatic carbocycles. The van der Waals surface area contributed by atoms with Gasteiger partial charge in [-0.2, -0.15) is 18.2 Å². The minimum Gasteiger partial charge on any atom is -0.455 e. The molecule has 2 aromatic heterocycles. The van der Waals surface area contributed by atoms with Gasteiger partial charge in [0.2, 0.25) is 0 Å². The summed E-state index contributed by atoms with van der Waals surface area (Å²) in [5, 5.41) is 21.4. The molecule has 0 spiro atoms. The highest BCUT2D eigenvalue weighted by Crippen LogP contribution is 2.39. The number of amides is 1. The Hall–Kier alpha value is -7.94. The summed E-state index contributed by atoms with van der Waals surface area (Å²) in [5.41, 5.74) is -1.86. The number of aryl methyl sites for hydroxylation is 2. The molecule has 0 atom stereocenters. The largest absolute Gasteiger partial charge is 0.455 e. The number of nitrogens with zero attached hydrogens (tertiary/aromatic N) is 3. The van der Waals surface area contributed by atoms with E-state index < -0.39 is 81.0 Å². The molecule has 1 amide bonds. The number of amidine groups is 1. The van der Waals surface area contributed by atoms with Gasteiger partial charge in [-0.05, 0) is 133 Å². The molecule has 1 saturated carbocycles. The van der Waals surface area contributed by atoms with Gasteiger partial charge in [0.15, 0.2) is 29.1 Å². The van der Waals surface area contributed by atoms with E-state index in [-0.39, 0.29) is 58.4 Å². The summed E-state index contributed by atoms with van der Waals surface area (Å²) in [6, 6.07) is 27.9. The van der Waals surface area contributed by atoms with Crippen LogP contribution in [-0.2, 0) is 33.4 Å². The van der Waals surface area contributed by atoms with E-state index in [1.807, 2.05) is 0 Å². The summed E-state index contributed by atoms with van der Waals surface area (Å²) < 4.78 is 149. The number of ether oxygens (including phenoxy) is 2. The summed E-state index contributed by atoms with van der Waals surface area (Å²) in [4.78, 5) is 29.2. The SMILES string of the molecule is Cc1nc2c(F)c(F)ccc2cc1Oc1cccc(F)c1C(C)(C)O.Cc1nc2c(F)cccc2cc1Oc1cccc(F)c1C(C)(C)O.O=C(Cc1ccccc1)/N=C(\NOCC1CC1)c1c(C(F)(F)F)ccc(F)c1F. The molecule has 0 unspecified atom stereocenters. The van der Waals surface area contributed by atoms with Crippen molar-refractivity contribution >= 4 is 33.5 Å². The van der Waals surface area contributed by atoms with Crippen LogP contribution in [0.15, 0.2) is 126 Å². The maximum absolute atomic E-state index is 14.4. The molecule has 6 aromatic carbocycles. The molecule has 1 fully saturated rings. The van der Waals surface area contributed by atoms with E-state index in [9.17, 15) is 58.9 Å². The predicted molar refractivity (Wildman–Crippen MR) is 271 cm³/mol. The molecule has 0 aliphatic heterocycles. The van der Waals surface area contributed by atoms with E-state index in [2.05, 4.69) is 20.4 Å². The Balaban J connectivity index is 0.000000170. The molecule has 408 valence electrons. The van der Waals surface area contributed by atoms with Gasteiger partial charge in [-0.15, -0.1) is 0 Å². The van der Waals surface area contributed by atoms with Gasteiger partial charge < -0.3 is 19.7 Å². The summed E-state index contributed by atoms with van der Waals surface area (Å²) in [6.07, 6.45) is -3.44. The molecule has 1 aliphatic rings. The zero-order valence-corrected chi connectivity index (χ0v) is 42.6. The highest BCUT2D eigenvalue weighted by atomic mass is 19.4. The van der Waals surface area contributed by atoms with E-state index in [1.165, 1.54) is 76.2 Å². The quantitative estimate of drug-likeness (QED) is 0.0473. The minimum absolute atomic E-state index is 0.000200. The molecule has 9 rings (SSSR count). The topological polar surface area (TPSA) is 135 Å². The second-order valence-electron chi connectivity index (χ2n) is 19.1. The summed E-state index contributed by atoms with van der Waals surface area (Å²) in [5.74, 6) is -7.34. The average molecular weight is 1090 g/mol. The van der Waals surface area contributed by atoms with Crippen LogP contribution in [0, 0.1) is 60.5 Å². The third-order valence-corrected chi connectivity index (χ3v) is 11.8. The molecule has 10 nitrogen and oxygen atoms in total. The molecule has 0 radical (unpaired) electrons. The van der Waals surface area contributed by atoms with Crippen LogP contribution in [0.2, 0.25) is 0 Å². The highest BCUT2D eigenvalue weighted by molar-refractivity contribution is 6.06. The molecule has 0 saturated heterocycles. The number of aliphatic imine (C=N–C) groups is 1. The van der Waals surface area contributed by atoms with Crippen LogP contribution in [0.4, 0.5) is 43.9 Å². The Morgan fingerprint density at radius 1 is 0.603 bits per heavy atom. The van der Waals surface area contributed by atoms with Crippen molar-refractivity contribution in [3.8, 4) is 23.0 Å². The number of fused-ring (bicyclic) bond motifs is 2. The van der Waals surface area contributed by atoms with Gasteiger partial charge in [0, 0.05) is 10.8 Å². The molecule has 3 N–H and O–H groups in total. The van der Waals surface area contributed by atoms with Crippen molar-refractivity contribution < 1.29 is 73.2 Å². The second-order valence-corrected chi connectivity index (χ2v) is 19.1. The fraction of sp³-hybridized carbons (Fsp3) is 0.241. The fourth-order valence-corrected chi connectivity index (χ4v) is 7.89. The predicted octanol–water partition coefficient (Wildman–Crippen LogP) is 14.3. The number of benzene rings is 6. The van der Waals surface area contributed by atoms with Gasteiger partial charge in [-0.3, -0.25) is 9.63 Å². The number of carbonyl (C=O) groups is 1. The second kappa shape index (κ2) is 23.7. The van der Waals surface area contributed by atoms with Crippen LogP contribution >= 0.6 is 0 Å². The van der Waals surface area contributed by atoms with Crippen LogP contribution in [-0.4, -0.2) is 38.5 Å². The van der Waals surface area contributed by atoms with Gasteiger partial charge in [-0.1, -0.05) is 54.6 Å². The summed E-state index contributed by atoms with van der Waals surface area (Å²) in [6.45, 7) is 9.26. The number of aromatic nitrogens is 2. The third-order valence-electron chi connectivity index (χ3n) is 11.8. The lowest BCUT2D eigenvalue weighted by Gasteiger charge is -2.22. The number of carbonyl (C=O) groups excluding carboxylic acids is 1. The number of para-hydroxylation sites is 1. The Morgan fingerprint density at radius 2 is 1.10 bits per heavy atom. The van der Waals surface area contributed by atoms with Crippen LogP contribution in [0.3, 0.4) is 0 Å². The van der Waals surface area contributed by atoms with Crippen molar-refractivity contribution in [2.45, 2.75) is 78.2 Å². The van der Waals surface area contributed by atoms with Gasteiger partial charge in [0.25, 0.3) is 5.91 Å². The molecule has 78 heavy (non-hydrogen) atoms. The standard InChI is InChI=1S/C20H17F5N2O2.C19H16F3NO2.C19H17F2NO2/c21-15-9-8-14(20(23,24)25)17(18(15)22)19(27-29-11-13-6-7-13)26-16(28)10-12-4-2-1-3-5-12;1-10-15(9-11-7-8-13(21)17(22)18(11)23-10)25-14-6-4-5-12(20)16(14)19(2,3)24;1-11-16(10-12-6-4-8-14(21)18(12)22-11)24-15-9-5-7-13(20)17(15)19(2,3)23/h1-5,8-9,13H,6-7,10-11H2,(H,26,27,28);4-9,24H,1-3H3;4-10,23H,1-3H3. The lowest BCUT2D eigenvalue weighted by molar-refractivity contribution is -0.138. The van der Waals surface area contributed by atoms with Crippen molar-refractivity contribution in [1.82, 2.24) is 15.4 Å². The summed E-state index contributed by atoms with van der Waals surface area (Å²) >= 11 is 0. The van der Waals surface area contributed by atoms with E-state index in [1.54, 1.807) is 68.4 Å². The smallest absolute Gasteiger partial charge is 0.417 e. The van der Waals surface area contributed by atoms with Crippen molar-refractivity contribution in [1.29, 1.82) is 0 Å². The first-order chi connectivity index (χ1) is 36.7. The molecule has 8 aromatic rings. The number of nitrogens with one attached hydrogen (secondary N) is 1. The van der Waals surface area contributed by atoms with E-state index in [4.69, 9.17) is 14.3 Å². The van der Waals surface area contributed by atoms with Crippen molar-refractivity contribution in [3.63, 3.8) is 0 Å². The lowest BCUT2D eigenvalue weighted by Crippen LogP contribution is -2.31. The first-order valence-electron chi connectivity index (χ1n) is 24.0. The monoisotopic (exact) mass is 1090 g/mol. The number of alkyl halides is 3. The number of hydroxylamine groups is 1. The number of aliphatic hydroxyl groups is 2. The van der Waals surface area contributed by atoms with Gasteiger partial charge in [0.05, 0.1) is 57.9 Å². The fourth-order valence-electron chi connectivity index (χ4n) is 7.89. The molecule has 2 heterocycles. The van der Waals surface area contributed by atoms with E-state index in [0.717, 1.165) is 18.9 Å². The Morgan fingerprint density at radius 3 is 1.64 bits per heavy atom. The first-order valence-corrected chi connectivity index (χ1v) is 24.0. The van der Waals surface area contributed by atoms with Gasteiger partial charge in [0.1, 0.15) is 51.5 Å². The Kier molecular flexibility index (Phi) is 17.6. The number of halogens is 10. The average Bonchev–Trinajstić information content (AvgIpc) is 4.22.